The molecule has 1 rings (SSSR count). The second-order valence-corrected chi connectivity index (χ2v) is 10.2. The van der Waals surface area contributed by atoms with Crippen LogP contribution >= 0.6 is 11.6 Å². The third-order valence-corrected chi connectivity index (χ3v) is 3.39. The van der Waals surface area contributed by atoms with Crippen molar-refractivity contribution in [2.75, 3.05) is 18.1 Å². The summed E-state index contributed by atoms with van der Waals surface area (Å²) in [7, 11) is 0. The number of halogens is 1. The number of alkyl carbamates (subject to hydrolysis) is 1. The minimum atomic E-state index is -1.04. The third kappa shape index (κ3) is 10.6. The maximum Gasteiger partial charge on any atom is 0.425 e. The largest absolute Gasteiger partial charge is 0.485 e. The van der Waals surface area contributed by atoms with Crippen molar-refractivity contribution >= 4 is 35.7 Å². The van der Waals surface area contributed by atoms with Crippen LogP contribution in [-0.2, 0) is 14.2 Å². The molecule has 1 N–H and O–H groups in total. The van der Waals surface area contributed by atoms with Gasteiger partial charge in [-0.2, -0.15) is 4.90 Å². The molecule has 186 valence electrons. The molecule has 0 aliphatic heterocycles. The van der Waals surface area contributed by atoms with Crippen molar-refractivity contribution in [1.82, 2.24) is 15.3 Å². The molecule has 0 saturated carbocycles. The number of nitrogens with one attached hydrogen (secondary N) is 1. The maximum atomic E-state index is 12.9. The van der Waals surface area contributed by atoms with Crippen molar-refractivity contribution in [2.24, 2.45) is 0 Å². The molecular weight excluding hydrogens is 456 g/mol. The molecule has 3 amide bonds. The smallest absolute Gasteiger partial charge is 0.425 e. The molecule has 0 aliphatic carbocycles. The Labute approximate surface area is 199 Å². The van der Waals surface area contributed by atoms with E-state index in [2.05, 4.69) is 15.3 Å². The molecule has 0 atom stereocenters. The molecule has 0 unspecified atom stereocenters. The highest BCUT2D eigenvalue weighted by Crippen LogP contribution is 2.33. The summed E-state index contributed by atoms with van der Waals surface area (Å²) >= 11 is 6.16. The average Bonchev–Trinajstić information content (AvgIpc) is 2.55. The van der Waals surface area contributed by atoms with E-state index >= 15 is 0 Å². The lowest BCUT2D eigenvalue weighted by molar-refractivity contribution is 0.0426. The molecule has 12 heteroatoms. The molecule has 0 spiro atoms. The number of aromatic nitrogens is 2. The number of imide groups is 1. The molecule has 11 nitrogen and oxygen atoms in total. The van der Waals surface area contributed by atoms with Crippen molar-refractivity contribution in [2.45, 2.75) is 79.1 Å². The number of hydrogen-bond donors (Lipinski definition) is 1. The van der Waals surface area contributed by atoms with Gasteiger partial charge in [0.05, 0.1) is 6.54 Å². The average molecular weight is 489 g/mol. The number of carbonyl (C=O) groups is 3. The number of hydrogen-bond acceptors (Lipinski definition) is 9. The van der Waals surface area contributed by atoms with Gasteiger partial charge in [0.2, 0.25) is 5.75 Å². The standard InChI is InChI=1S/C21H33ClN4O7/c1-19(2,3)31-16(27)23-10-11-30-13-14(22)24-12-25-15(13)26(17(28)32-20(4,5)6)18(29)33-21(7,8)9/h12H,10-11H2,1-9H3,(H,23,27). The van der Waals surface area contributed by atoms with E-state index in [1.54, 1.807) is 62.3 Å². The molecule has 33 heavy (non-hydrogen) atoms. The van der Waals surface area contributed by atoms with E-state index in [0.717, 1.165) is 6.33 Å². The Morgan fingerprint density at radius 2 is 1.36 bits per heavy atom. The lowest BCUT2D eigenvalue weighted by Crippen LogP contribution is -2.44. The Hall–Kier alpha value is -2.82. The number of nitrogens with zero attached hydrogens (tertiary/aromatic N) is 3. The summed E-state index contributed by atoms with van der Waals surface area (Å²) in [6.07, 6.45) is -1.65. The molecule has 0 fully saturated rings. The minimum Gasteiger partial charge on any atom is -0.485 e. The van der Waals surface area contributed by atoms with E-state index in [1.807, 2.05) is 0 Å². The summed E-state index contributed by atoms with van der Waals surface area (Å²) in [5, 5.41) is 2.36. The fourth-order valence-corrected chi connectivity index (χ4v) is 2.29. The van der Waals surface area contributed by atoms with Gasteiger partial charge in [-0.3, -0.25) is 0 Å². The van der Waals surface area contributed by atoms with Crippen LogP contribution in [0.2, 0.25) is 5.15 Å². The molecule has 1 aromatic rings. The third-order valence-electron chi connectivity index (χ3n) is 3.12. The number of rotatable bonds is 5. The fraction of sp³-hybridized carbons (Fsp3) is 0.667. The van der Waals surface area contributed by atoms with Crippen LogP contribution in [0.25, 0.3) is 0 Å². The van der Waals surface area contributed by atoms with E-state index in [-0.39, 0.29) is 29.9 Å². The van der Waals surface area contributed by atoms with Crippen molar-refractivity contribution in [3.8, 4) is 5.75 Å². The minimum absolute atomic E-state index is 0.0401. The summed E-state index contributed by atoms with van der Waals surface area (Å²) in [5.41, 5.74) is -2.48. The van der Waals surface area contributed by atoms with Crippen molar-refractivity contribution in [3.63, 3.8) is 0 Å². The second kappa shape index (κ2) is 10.9. The van der Waals surface area contributed by atoms with Crippen LogP contribution in [0.3, 0.4) is 0 Å². The Morgan fingerprint density at radius 3 is 1.82 bits per heavy atom. The molecule has 0 aromatic carbocycles. The second-order valence-electron chi connectivity index (χ2n) is 9.89. The van der Waals surface area contributed by atoms with E-state index in [1.165, 1.54) is 0 Å². The van der Waals surface area contributed by atoms with Crippen LogP contribution in [0.5, 0.6) is 5.75 Å². The van der Waals surface area contributed by atoms with Crippen molar-refractivity contribution in [3.05, 3.63) is 11.5 Å². The first-order chi connectivity index (χ1) is 14.9. The topological polar surface area (TPSA) is 129 Å². The maximum absolute atomic E-state index is 12.9. The van der Waals surface area contributed by atoms with Gasteiger partial charge in [-0.15, -0.1) is 0 Å². The Kier molecular flexibility index (Phi) is 9.29. The van der Waals surface area contributed by atoms with Gasteiger partial charge >= 0.3 is 18.3 Å². The van der Waals surface area contributed by atoms with Gasteiger partial charge in [0.25, 0.3) is 0 Å². The van der Waals surface area contributed by atoms with E-state index in [9.17, 15) is 14.4 Å². The van der Waals surface area contributed by atoms with E-state index in [0.29, 0.717) is 4.90 Å². The quantitative estimate of drug-likeness (QED) is 0.355. The van der Waals surface area contributed by atoms with Gasteiger partial charge in [0.1, 0.15) is 29.7 Å². The summed E-state index contributed by atoms with van der Waals surface area (Å²) < 4.78 is 21.4. The van der Waals surface area contributed by atoms with Gasteiger partial charge < -0.3 is 24.3 Å². The first-order valence-corrected chi connectivity index (χ1v) is 10.6. The monoisotopic (exact) mass is 488 g/mol. The highest BCUT2D eigenvalue weighted by atomic mass is 35.5. The first kappa shape index (κ1) is 28.2. The van der Waals surface area contributed by atoms with Crippen LogP contribution in [0.15, 0.2) is 6.33 Å². The normalized spacial score (nSPS) is 11.9. The molecule has 1 aromatic heterocycles. The zero-order chi connectivity index (χ0) is 25.6. The van der Waals surface area contributed by atoms with E-state index < -0.39 is 35.1 Å². The fourth-order valence-electron chi connectivity index (χ4n) is 2.11. The van der Waals surface area contributed by atoms with Crippen LogP contribution in [-0.4, -0.2) is 58.2 Å². The zero-order valence-corrected chi connectivity index (χ0v) is 21.3. The van der Waals surface area contributed by atoms with Crippen LogP contribution < -0.4 is 15.0 Å². The first-order valence-electron chi connectivity index (χ1n) is 10.3. The Bertz CT molecular complexity index is 830. The Morgan fingerprint density at radius 1 is 0.879 bits per heavy atom. The lowest BCUT2D eigenvalue weighted by atomic mass is 10.2. The van der Waals surface area contributed by atoms with E-state index in [4.69, 9.17) is 30.5 Å². The van der Waals surface area contributed by atoms with Gasteiger partial charge in [0, 0.05) is 0 Å². The van der Waals surface area contributed by atoms with Crippen molar-refractivity contribution < 1.29 is 33.3 Å². The summed E-state index contributed by atoms with van der Waals surface area (Å²) in [5.74, 6) is -0.433. The van der Waals surface area contributed by atoms with Gasteiger partial charge in [-0.1, -0.05) is 11.6 Å². The molecule has 0 radical (unpaired) electrons. The SMILES string of the molecule is CC(C)(C)OC(=O)NCCOc1c(Cl)ncnc1N(C(=O)OC(C)(C)C)C(=O)OC(C)(C)C. The number of anilines is 1. The van der Waals surface area contributed by atoms with Gasteiger partial charge in [-0.25, -0.2) is 24.4 Å². The summed E-state index contributed by atoms with van der Waals surface area (Å²) in [6, 6.07) is 0. The summed E-state index contributed by atoms with van der Waals surface area (Å²) in [4.78, 5) is 45.9. The summed E-state index contributed by atoms with van der Waals surface area (Å²) in [6.45, 7) is 15.0. The highest BCUT2D eigenvalue weighted by Gasteiger charge is 2.36. The predicted molar refractivity (Wildman–Crippen MR) is 122 cm³/mol. The molecule has 0 saturated heterocycles. The van der Waals surface area contributed by atoms with Crippen LogP contribution in [0, 0.1) is 0 Å². The van der Waals surface area contributed by atoms with Crippen LogP contribution in [0.4, 0.5) is 20.2 Å². The van der Waals surface area contributed by atoms with Gasteiger partial charge in [0.15, 0.2) is 11.0 Å². The molecule has 0 aliphatic rings. The molecule has 1 heterocycles. The number of ether oxygens (including phenoxy) is 4. The predicted octanol–water partition coefficient (Wildman–Crippen LogP) is 4.71. The van der Waals surface area contributed by atoms with Crippen molar-refractivity contribution in [1.29, 1.82) is 0 Å². The van der Waals surface area contributed by atoms with Crippen LogP contribution in [0.1, 0.15) is 62.3 Å². The molecular formula is C21H33ClN4O7. The molecule has 0 bridgehead atoms. The van der Waals surface area contributed by atoms with Gasteiger partial charge in [-0.05, 0) is 62.3 Å². The Balaban J connectivity index is 3.14. The number of carbonyl (C=O) groups excluding carboxylic acids is 3. The lowest BCUT2D eigenvalue weighted by Gasteiger charge is -2.28. The highest BCUT2D eigenvalue weighted by molar-refractivity contribution is 6.31. The number of amides is 3. The zero-order valence-electron chi connectivity index (χ0n) is 20.6.